The van der Waals surface area contributed by atoms with E-state index < -0.39 is 9.84 Å². The molecular formula is C17H26N4O3S. The van der Waals surface area contributed by atoms with E-state index in [0.717, 1.165) is 38.4 Å². The number of sulfone groups is 1. The molecule has 0 amide bonds. The SMILES string of the molecule is CCNC(=NCC1CCS(=O)(=O)C1)N1CCC(Oc2ccccn2)C1. The zero-order valence-corrected chi connectivity index (χ0v) is 15.4. The molecule has 1 aromatic heterocycles. The van der Waals surface area contributed by atoms with Gasteiger partial charge in [0.1, 0.15) is 6.10 Å². The first-order valence-corrected chi connectivity index (χ1v) is 10.7. The summed E-state index contributed by atoms with van der Waals surface area (Å²) < 4.78 is 29.1. The number of guanidine groups is 1. The van der Waals surface area contributed by atoms with Crippen molar-refractivity contribution in [3.05, 3.63) is 24.4 Å². The van der Waals surface area contributed by atoms with Crippen molar-refractivity contribution in [2.75, 3.05) is 37.7 Å². The van der Waals surface area contributed by atoms with Gasteiger partial charge in [0.15, 0.2) is 15.8 Å². The average molecular weight is 366 g/mol. The first-order chi connectivity index (χ1) is 12.1. The van der Waals surface area contributed by atoms with E-state index in [1.54, 1.807) is 6.20 Å². The van der Waals surface area contributed by atoms with Crippen LogP contribution in [-0.4, -0.2) is 68.0 Å². The Kier molecular flexibility index (Phi) is 5.78. The van der Waals surface area contributed by atoms with Crippen LogP contribution in [0.4, 0.5) is 0 Å². The summed E-state index contributed by atoms with van der Waals surface area (Å²) in [6, 6.07) is 5.64. The molecule has 138 valence electrons. The van der Waals surface area contributed by atoms with Gasteiger partial charge in [-0.1, -0.05) is 6.07 Å². The first kappa shape index (κ1) is 18.0. The van der Waals surface area contributed by atoms with Crippen molar-refractivity contribution in [2.45, 2.75) is 25.9 Å². The van der Waals surface area contributed by atoms with Crippen LogP contribution in [0.15, 0.2) is 29.4 Å². The molecule has 1 N–H and O–H groups in total. The molecule has 0 aliphatic carbocycles. The van der Waals surface area contributed by atoms with E-state index in [2.05, 4.69) is 20.2 Å². The van der Waals surface area contributed by atoms with Gasteiger partial charge >= 0.3 is 0 Å². The van der Waals surface area contributed by atoms with Gasteiger partial charge in [-0.05, 0) is 25.3 Å². The van der Waals surface area contributed by atoms with Crippen molar-refractivity contribution in [1.82, 2.24) is 15.2 Å². The van der Waals surface area contributed by atoms with Crippen LogP contribution in [0.25, 0.3) is 0 Å². The molecule has 2 aliphatic heterocycles. The monoisotopic (exact) mass is 366 g/mol. The molecule has 2 atom stereocenters. The second kappa shape index (κ2) is 8.03. The largest absolute Gasteiger partial charge is 0.472 e. The molecule has 3 rings (SSSR count). The zero-order valence-electron chi connectivity index (χ0n) is 14.6. The second-order valence-electron chi connectivity index (χ2n) is 6.61. The molecular weight excluding hydrogens is 340 g/mol. The predicted octanol–water partition coefficient (Wildman–Crippen LogP) is 0.935. The molecule has 2 aliphatic rings. The van der Waals surface area contributed by atoms with Crippen molar-refractivity contribution in [1.29, 1.82) is 0 Å². The summed E-state index contributed by atoms with van der Waals surface area (Å²) in [4.78, 5) is 11.1. The average Bonchev–Trinajstić information content (AvgIpc) is 3.19. The van der Waals surface area contributed by atoms with Crippen LogP contribution in [0.5, 0.6) is 5.88 Å². The van der Waals surface area contributed by atoms with Gasteiger partial charge in [-0.15, -0.1) is 0 Å². The third-order valence-corrected chi connectivity index (χ3v) is 6.37. The van der Waals surface area contributed by atoms with Crippen LogP contribution in [0.2, 0.25) is 0 Å². The summed E-state index contributed by atoms with van der Waals surface area (Å²) in [5.41, 5.74) is 0. The number of nitrogens with zero attached hydrogens (tertiary/aromatic N) is 3. The fourth-order valence-electron chi connectivity index (χ4n) is 3.26. The van der Waals surface area contributed by atoms with E-state index in [0.29, 0.717) is 18.2 Å². The van der Waals surface area contributed by atoms with E-state index >= 15 is 0 Å². The minimum absolute atomic E-state index is 0.0885. The molecule has 8 heteroatoms. The maximum atomic E-state index is 11.6. The quantitative estimate of drug-likeness (QED) is 0.617. The zero-order chi connectivity index (χ0) is 17.7. The van der Waals surface area contributed by atoms with Gasteiger partial charge in [-0.25, -0.2) is 13.4 Å². The van der Waals surface area contributed by atoms with Crippen molar-refractivity contribution < 1.29 is 13.2 Å². The first-order valence-electron chi connectivity index (χ1n) is 8.87. The lowest BCUT2D eigenvalue weighted by Gasteiger charge is -2.22. The highest BCUT2D eigenvalue weighted by Gasteiger charge is 2.29. The third kappa shape index (κ3) is 5.07. The van der Waals surface area contributed by atoms with E-state index in [9.17, 15) is 8.42 Å². The van der Waals surface area contributed by atoms with Gasteiger partial charge in [0, 0.05) is 38.3 Å². The Labute approximate surface area is 149 Å². The minimum Gasteiger partial charge on any atom is -0.472 e. The number of hydrogen-bond donors (Lipinski definition) is 1. The summed E-state index contributed by atoms with van der Waals surface area (Å²) in [5, 5.41) is 3.31. The topological polar surface area (TPSA) is 83.9 Å². The van der Waals surface area contributed by atoms with Crippen molar-refractivity contribution >= 4 is 15.8 Å². The van der Waals surface area contributed by atoms with Crippen LogP contribution in [-0.2, 0) is 9.84 Å². The van der Waals surface area contributed by atoms with Crippen LogP contribution in [0.1, 0.15) is 19.8 Å². The molecule has 0 radical (unpaired) electrons. The van der Waals surface area contributed by atoms with Crippen molar-refractivity contribution in [3.8, 4) is 5.88 Å². The van der Waals surface area contributed by atoms with Gasteiger partial charge in [-0.3, -0.25) is 4.99 Å². The normalized spacial score (nSPS) is 26.0. The summed E-state index contributed by atoms with van der Waals surface area (Å²) in [6.45, 7) is 5.00. The Bertz CT molecular complexity index is 693. The maximum absolute atomic E-state index is 11.6. The molecule has 0 saturated carbocycles. The van der Waals surface area contributed by atoms with Gasteiger partial charge in [0.2, 0.25) is 5.88 Å². The smallest absolute Gasteiger partial charge is 0.213 e. The van der Waals surface area contributed by atoms with Crippen molar-refractivity contribution in [3.63, 3.8) is 0 Å². The maximum Gasteiger partial charge on any atom is 0.213 e. The Morgan fingerprint density at radius 1 is 1.44 bits per heavy atom. The lowest BCUT2D eigenvalue weighted by Crippen LogP contribution is -2.41. The fourth-order valence-corrected chi connectivity index (χ4v) is 5.11. The van der Waals surface area contributed by atoms with E-state index in [-0.39, 0.29) is 17.8 Å². The van der Waals surface area contributed by atoms with Crippen LogP contribution in [0, 0.1) is 5.92 Å². The number of aliphatic imine (C=N–C) groups is 1. The number of nitrogens with one attached hydrogen (secondary N) is 1. The number of pyridine rings is 1. The van der Waals surface area contributed by atoms with E-state index in [1.807, 2.05) is 25.1 Å². The molecule has 0 aromatic carbocycles. The highest BCUT2D eigenvalue weighted by Crippen LogP contribution is 2.20. The predicted molar refractivity (Wildman–Crippen MR) is 97.6 cm³/mol. The van der Waals surface area contributed by atoms with Crippen LogP contribution < -0.4 is 10.1 Å². The molecule has 2 saturated heterocycles. The lowest BCUT2D eigenvalue weighted by molar-refractivity contribution is 0.205. The fraction of sp³-hybridized carbons (Fsp3) is 0.647. The Hall–Kier alpha value is -1.83. The minimum atomic E-state index is -2.85. The summed E-state index contributed by atoms with van der Waals surface area (Å²) in [6.07, 6.45) is 3.45. The molecule has 7 nitrogen and oxygen atoms in total. The Morgan fingerprint density at radius 2 is 2.32 bits per heavy atom. The van der Waals surface area contributed by atoms with Crippen molar-refractivity contribution in [2.24, 2.45) is 10.9 Å². The second-order valence-corrected chi connectivity index (χ2v) is 8.83. The number of aromatic nitrogens is 1. The van der Waals surface area contributed by atoms with E-state index in [4.69, 9.17) is 4.74 Å². The molecule has 3 heterocycles. The molecule has 0 bridgehead atoms. The number of hydrogen-bond acceptors (Lipinski definition) is 5. The van der Waals surface area contributed by atoms with Gasteiger partial charge in [-0.2, -0.15) is 0 Å². The third-order valence-electron chi connectivity index (χ3n) is 4.53. The van der Waals surface area contributed by atoms with Gasteiger partial charge in [0.05, 0.1) is 18.1 Å². The van der Waals surface area contributed by atoms with Gasteiger partial charge in [0.25, 0.3) is 0 Å². The molecule has 2 unspecified atom stereocenters. The Morgan fingerprint density at radius 3 is 3.00 bits per heavy atom. The summed E-state index contributed by atoms with van der Waals surface area (Å²) in [7, 11) is -2.85. The van der Waals surface area contributed by atoms with E-state index in [1.165, 1.54) is 0 Å². The molecule has 0 spiro atoms. The molecule has 25 heavy (non-hydrogen) atoms. The highest BCUT2D eigenvalue weighted by atomic mass is 32.2. The molecule has 2 fully saturated rings. The van der Waals surface area contributed by atoms with Gasteiger partial charge < -0.3 is 15.0 Å². The van der Waals surface area contributed by atoms with Crippen LogP contribution in [0.3, 0.4) is 0 Å². The summed E-state index contributed by atoms with van der Waals surface area (Å²) in [5.74, 6) is 2.20. The summed E-state index contributed by atoms with van der Waals surface area (Å²) >= 11 is 0. The Balaban J connectivity index is 1.56. The van der Waals surface area contributed by atoms with Crippen LogP contribution >= 0.6 is 0 Å². The number of likely N-dealkylation sites (tertiary alicyclic amines) is 1. The number of rotatable bonds is 5. The number of ether oxygens (including phenoxy) is 1. The lowest BCUT2D eigenvalue weighted by atomic mass is 10.1. The standard InChI is InChI=1S/C17H26N4O3S/c1-2-18-17(20-11-14-7-10-25(22,23)13-14)21-9-6-15(12-21)24-16-5-3-4-8-19-16/h3-5,8,14-15H,2,6-7,9-13H2,1H3,(H,18,20). The highest BCUT2D eigenvalue weighted by molar-refractivity contribution is 7.91. The molecule has 1 aromatic rings.